The zero-order valence-electron chi connectivity index (χ0n) is 11.0. The van der Waals surface area contributed by atoms with E-state index < -0.39 is 0 Å². The molecule has 21 heavy (non-hydrogen) atoms. The lowest BCUT2D eigenvalue weighted by molar-refractivity contribution is 0.102. The van der Waals surface area contributed by atoms with E-state index >= 15 is 0 Å². The molecule has 0 bridgehead atoms. The van der Waals surface area contributed by atoms with Crippen LogP contribution in [-0.4, -0.2) is 22.6 Å². The topological polar surface area (TPSA) is 86.0 Å². The minimum atomic E-state index is -0.369. The SMILES string of the molecule is N#Cc1ccc(C(=O)Nc2cccc(C#CCO)c2)nc1. The van der Waals surface area contributed by atoms with Gasteiger partial charge in [0.2, 0.25) is 0 Å². The van der Waals surface area contributed by atoms with Crippen molar-refractivity contribution in [2.45, 2.75) is 0 Å². The Morgan fingerprint density at radius 3 is 2.81 bits per heavy atom. The minimum Gasteiger partial charge on any atom is -0.384 e. The maximum Gasteiger partial charge on any atom is 0.274 e. The van der Waals surface area contributed by atoms with Gasteiger partial charge in [0, 0.05) is 17.4 Å². The monoisotopic (exact) mass is 277 g/mol. The van der Waals surface area contributed by atoms with Crippen molar-refractivity contribution in [2.75, 3.05) is 11.9 Å². The second-order valence-corrected chi connectivity index (χ2v) is 4.04. The van der Waals surface area contributed by atoms with Gasteiger partial charge in [0.15, 0.2) is 0 Å². The van der Waals surface area contributed by atoms with Gasteiger partial charge < -0.3 is 10.4 Å². The fraction of sp³-hybridized carbons (Fsp3) is 0.0625. The van der Waals surface area contributed by atoms with E-state index in [0.29, 0.717) is 16.8 Å². The van der Waals surface area contributed by atoms with Crippen molar-refractivity contribution < 1.29 is 9.90 Å². The maximum atomic E-state index is 12.0. The number of carbonyl (C=O) groups excluding carboxylic acids is 1. The Balaban J connectivity index is 2.13. The van der Waals surface area contributed by atoms with Gasteiger partial charge >= 0.3 is 0 Å². The highest BCUT2D eigenvalue weighted by molar-refractivity contribution is 6.02. The summed E-state index contributed by atoms with van der Waals surface area (Å²) in [7, 11) is 0. The number of nitrogens with zero attached hydrogens (tertiary/aromatic N) is 2. The number of nitrogens with one attached hydrogen (secondary N) is 1. The predicted octanol–water partition coefficient (Wildman–Crippen LogP) is 1.55. The molecule has 0 aliphatic rings. The number of rotatable bonds is 2. The van der Waals surface area contributed by atoms with Crippen molar-refractivity contribution >= 4 is 11.6 Å². The molecule has 0 fully saturated rings. The third-order valence-electron chi connectivity index (χ3n) is 2.56. The average molecular weight is 277 g/mol. The number of hydrogen-bond donors (Lipinski definition) is 2. The Morgan fingerprint density at radius 1 is 1.29 bits per heavy atom. The summed E-state index contributed by atoms with van der Waals surface area (Å²) in [4.78, 5) is 15.9. The summed E-state index contributed by atoms with van der Waals surface area (Å²) in [5, 5.41) is 20.0. The standard InChI is InChI=1S/C16H11N3O2/c17-10-13-6-7-15(18-11-13)16(21)19-14-5-1-3-12(9-14)4-2-8-20/h1,3,5-7,9,11,20H,8H2,(H,19,21). The Hall–Kier alpha value is -3.15. The Morgan fingerprint density at radius 2 is 2.14 bits per heavy atom. The lowest BCUT2D eigenvalue weighted by atomic mass is 10.2. The summed E-state index contributed by atoms with van der Waals surface area (Å²) in [5.74, 6) is 4.93. The van der Waals surface area contributed by atoms with E-state index in [1.54, 1.807) is 24.3 Å². The average Bonchev–Trinajstić information content (AvgIpc) is 2.53. The third-order valence-corrected chi connectivity index (χ3v) is 2.56. The number of carbonyl (C=O) groups is 1. The number of nitriles is 1. The van der Waals surface area contributed by atoms with Gasteiger partial charge in [0.05, 0.1) is 5.56 Å². The number of anilines is 1. The number of hydrogen-bond acceptors (Lipinski definition) is 4. The highest BCUT2D eigenvalue weighted by Gasteiger charge is 2.07. The molecule has 0 spiro atoms. The zero-order valence-corrected chi connectivity index (χ0v) is 11.0. The number of pyridine rings is 1. The van der Waals surface area contributed by atoms with Crippen molar-refractivity contribution in [3.8, 4) is 17.9 Å². The van der Waals surface area contributed by atoms with Crippen LogP contribution >= 0.6 is 0 Å². The van der Waals surface area contributed by atoms with Crippen molar-refractivity contribution in [1.82, 2.24) is 4.98 Å². The minimum absolute atomic E-state index is 0.217. The first-order valence-corrected chi connectivity index (χ1v) is 6.10. The van der Waals surface area contributed by atoms with Gasteiger partial charge in [-0.25, -0.2) is 4.98 Å². The smallest absolute Gasteiger partial charge is 0.274 e. The molecule has 0 unspecified atom stereocenters. The molecule has 102 valence electrons. The first-order valence-electron chi connectivity index (χ1n) is 6.10. The van der Waals surface area contributed by atoms with Gasteiger partial charge in [-0.1, -0.05) is 17.9 Å². The number of aliphatic hydroxyl groups excluding tert-OH is 1. The second kappa shape index (κ2) is 6.85. The Bertz CT molecular complexity index is 750. The van der Waals surface area contributed by atoms with Gasteiger partial charge in [-0.15, -0.1) is 0 Å². The van der Waals surface area contributed by atoms with Crippen LogP contribution in [0.25, 0.3) is 0 Å². The molecule has 0 radical (unpaired) electrons. The maximum absolute atomic E-state index is 12.0. The molecule has 1 heterocycles. The van der Waals surface area contributed by atoms with Crippen LogP contribution in [0, 0.1) is 23.2 Å². The fourth-order valence-electron chi connectivity index (χ4n) is 1.61. The molecule has 1 aromatic heterocycles. The summed E-state index contributed by atoms with van der Waals surface area (Å²) in [6.07, 6.45) is 1.35. The van der Waals surface area contributed by atoms with Crippen LogP contribution in [0.15, 0.2) is 42.6 Å². The van der Waals surface area contributed by atoms with Crippen LogP contribution < -0.4 is 5.32 Å². The zero-order chi connectivity index (χ0) is 15.1. The molecule has 2 aromatic rings. The van der Waals surface area contributed by atoms with E-state index in [0.717, 1.165) is 0 Å². The molecule has 0 aliphatic heterocycles. The largest absolute Gasteiger partial charge is 0.384 e. The van der Waals surface area contributed by atoms with Crippen molar-refractivity contribution in [2.24, 2.45) is 0 Å². The fourth-order valence-corrected chi connectivity index (χ4v) is 1.61. The Labute approximate surface area is 121 Å². The molecular weight excluding hydrogens is 266 g/mol. The summed E-state index contributed by atoms with van der Waals surface area (Å²) >= 11 is 0. The van der Waals surface area contributed by atoms with Gasteiger partial charge in [-0.2, -0.15) is 5.26 Å². The van der Waals surface area contributed by atoms with Crippen LogP contribution in [0.2, 0.25) is 0 Å². The number of benzene rings is 1. The summed E-state index contributed by atoms with van der Waals surface area (Å²) in [5.41, 5.74) is 1.89. The van der Waals surface area contributed by atoms with Crippen molar-refractivity contribution in [1.29, 1.82) is 5.26 Å². The molecular formula is C16H11N3O2. The summed E-state index contributed by atoms with van der Waals surface area (Å²) < 4.78 is 0. The quantitative estimate of drug-likeness (QED) is 0.815. The van der Waals surface area contributed by atoms with E-state index in [1.165, 1.54) is 18.3 Å². The normalized spacial score (nSPS) is 9.14. The van der Waals surface area contributed by atoms with Crippen LogP contribution in [0.4, 0.5) is 5.69 Å². The van der Waals surface area contributed by atoms with Crippen LogP contribution in [0.3, 0.4) is 0 Å². The molecule has 5 heteroatoms. The lowest BCUT2D eigenvalue weighted by Gasteiger charge is -2.05. The first-order chi connectivity index (χ1) is 10.2. The van der Waals surface area contributed by atoms with E-state index in [4.69, 9.17) is 10.4 Å². The highest BCUT2D eigenvalue weighted by atomic mass is 16.2. The number of amides is 1. The number of aromatic nitrogens is 1. The lowest BCUT2D eigenvalue weighted by Crippen LogP contribution is -2.13. The predicted molar refractivity (Wildman–Crippen MR) is 77.3 cm³/mol. The third kappa shape index (κ3) is 3.90. The van der Waals surface area contributed by atoms with E-state index in [9.17, 15) is 4.79 Å². The molecule has 2 N–H and O–H groups in total. The van der Waals surface area contributed by atoms with E-state index in [-0.39, 0.29) is 18.2 Å². The van der Waals surface area contributed by atoms with Crippen LogP contribution in [0.1, 0.15) is 21.6 Å². The van der Waals surface area contributed by atoms with Gasteiger partial charge in [-0.3, -0.25) is 4.79 Å². The first kappa shape index (κ1) is 14.3. The van der Waals surface area contributed by atoms with E-state index in [1.807, 2.05) is 6.07 Å². The second-order valence-electron chi connectivity index (χ2n) is 4.04. The molecule has 5 nitrogen and oxygen atoms in total. The van der Waals surface area contributed by atoms with Crippen LogP contribution in [-0.2, 0) is 0 Å². The van der Waals surface area contributed by atoms with Gasteiger partial charge in [0.1, 0.15) is 18.4 Å². The Kier molecular flexibility index (Phi) is 4.66. The van der Waals surface area contributed by atoms with E-state index in [2.05, 4.69) is 22.1 Å². The molecule has 0 atom stereocenters. The molecule has 1 aromatic carbocycles. The highest BCUT2D eigenvalue weighted by Crippen LogP contribution is 2.11. The van der Waals surface area contributed by atoms with Crippen molar-refractivity contribution in [3.63, 3.8) is 0 Å². The molecule has 0 saturated heterocycles. The van der Waals surface area contributed by atoms with Gasteiger partial charge in [0.25, 0.3) is 5.91 Å². The molecule has 0 aliphatic carbocycles. The molecule has 1 amide bonds. The van der Waals surface area contributed by atoms with Gasteiger partial charge in [-0.05, 0) is 30.3 Å². The van der Waals surface area contributed by atoms with Crippen LogP contribution in [0.5, 0.6) is 0 Å². The number of aliphatic hydroxyl groups is 1. The van der Waals surface area contributed by atoms with Crippen molar-refractivity contribution in [3.05, 3.63) is 59.4 Å². The summed E-state index contributed by atoms with van der Waals surface area (Å²) in [6, 6.07) is 11.9. The summed E-state index contributed by atoms with van der Waals surface area (Å²) in [6.45, 7) is -0.217. The molecule has 0 saturated carbocycles. The molecule has 2 rings (SSSR count).